The molecule has 1 N–H and O–H groups in total. The summed E-state index contributed by atoms with van der Waals surface area (Å²) in [6.45, 7) is 1.82. The highest BCUT2D eigenvalue weighted by Crippen LogP contribution is 2.50. The summed E-state index contributed by atoms with van der Waals surface area (Å²) in [6.07, 6.45) is -2.56. The monoisotopic (exact) mass is 535 g/mol. The number of alkyl halides is 3. The molecule has 1 aromatic carbocycles. The Labute approximate surface area is 215 Å². The Balaban J connectivity index is 1.44. The summed E-state index contributed by atoms with van der Waals surface area (Å²) >= 11 is 6.04. The van der Waals surface area contributed by atoms with Gasteiger partial charge >= 0.3 is 6.18 Å². The van der Waals surface area contributed by atoms with Crippen molar-refractivity contribution in [3.8, 4) is 0 Å². The number of benzene rings is 1. The Morgan fingerprint density at radius 3 is 2.51 bits per heavy atom. The molecule has 2 aliphatic rings. The number of fused-ring (bicyclic) bond motifs is 1. The van der Waals surface area contributed by atoms with E-state index in [1.54, 1.807) is 23.9 Å². The van der Waals surface area contributed by atoms with Crippen molar-refractivity contribution in [3.63, 3.8) is 0 Å². The highest BCUT2D eigenvalue weighted by molar-refractivity contribution is 6.29. The second-order valence-electron chi connectivity index (χ2n) is 9.64. The number of hydrogen-bond acceptors (Lipinski definition) is 6. The molecule has 1 spiro atoms. The van der Waals surface area contributed by atoms with Gasteiger partial charge < -0.3 is 15.0 Å². The smallest absolute Gasteiger partial charge is 0.375 e. The zero-order valence-electron chi connectivity index (χ0n) is 20.2. The molecule has 1 aliphatic heterocycles. The summed E-state index contributed by atoms with van der Waals surface area (Å²) in [4.78, 5) is 29.9. The molecule has 37 heavy (non-hydrogen) atoms. The molecule has 12 heteroatoms. The van der Waals surface area contributed by atoms with Gasteiger partial charge in [-0.15, -0.1) is 0 Å². The number of aromatic nitrogens is 3. The highest BCUT2D eigenvalue weighted by Gasteiger charge is 2.57. The van der Waals surface area contributed by atoms with E-state index in [4.69, 9.17) is 16.3 Å². The minimum Gasteiger partial charge on any atom is -0.375 e. The van der Waals surface area contributed by atoms with E-state index >= 15 is 0 Å². The summed E-state index contributed by atoms with van der Waals surface area (Å²) in [5, 5.41) is 7.69. The lowest BCUT2D eigenvalue weighted by Gasteiger charge is -2.48. The van der Waals surface area contributed by atoms with E-state index in [9.17, 15) is 22.8 Å². The number of anilines is 2. The number of halogens is 4. The lowest BCUT2D eigenvalue weighted by atomic mass is 9.62. The average molecular weight is 536 g/mol. The molecule has 1 aliphatic carbocycles. The number of Topliss-reactive ketones (excluding diaryl/α,β-unsaturated/α-hetero) is 1. The minimum absolute atomic E-state index is 0.00463. The number of carbonyl (C=O) groups excluding carboxylic acids is 2. The van der Waals surface area contributed by atoms with Crippen LogP contribution in [0.5, 0.6) is 0 Å². The van der Waals surface area contributed by atoms with Crippen LogP contribution in [-0.2, 0) is 14.3 Å². The molecule has 196 valence electrons. The van der Waals surface area contributed by atoms with Crippen LogP contribution in [-0.4, -0.2) is 51.0 Å². The van der Waals surface area contributed by atoms with Gasteiger partial charge in [-0.25, -0.2) is 9.50 Å². The number of ketones is 1. The molecule has 1 saturated heterocycles. The first-order valence-electron chi connectivity index (χ1n) is 11.9. The van der Waals surface area contributed by atoms with E-state index in [0.717, 1.165) is 4.90 Å². The Hall–Kier alpha value is -3.18. The van der Waals surface area contributed by atoms with E-state index < -0.39 is 29.6 Å². The first-order valence-corrected chi connectivity index (χ1v) is 12.2. The molecule has 5 rings (SSSR count). The molecule has 2 atom stereocenters. The number of methoxy groups -OCH3 is 1. The Morgan fingerprint density at radius 2 is 1.89 bits per heavy atom. The van der Waals surface area contributed by atoms with E-state index in [-0.39, 0.29) is 35.9 Å². The van der Waals surface area contributed by atoms with Crippen molar-refractivity contribution in [1.82, 2.24) is 19.5 Å². The van der Waals surface area contributed by atoms with Crippen molar-refractivity contribution in [2.24, 2.45) is 5.41 Å². The zero-order chi connectivity index (χ0) is 26.5. The van der Waals surface area contributed by atoms with Gasteiger partial charge in [0.1, 0.15) is 5.78 Å². The molecule has 1 saturated carbocycles. The molecule has 3 heterocycles. The van der Waals surface area contributed by atoms with Gasteiger partial charge in [0.2, 0.25) is 5.91 Å². The lowest BCUT2D eigenvalue weighted by Crippen LogP contribution is -2.57. The predicted octanol–water partition coefficient (Wildman–Crippen LogP) is 5.41. The van der Waals surface area contributed by atoms with Crippen molar-refractivity contribution < 1.29 is 27.5 Å². The number of piperidine rings is 1. The molecule has 1 amide bonds. The van der Waals surface area contributed by atoms with Crippen LogP contribution in [0.3, 0.4) is 0 Å². The number of ether oxygens (including phenoxy) is 1. The predicted molar refractivity (Wildman–Crippen MR) is 130 cm³/mol. The maximum atomic E-state index is 14.3. The fourth-order valence-electron chi connectivity index (χ4n) is 5.35. The fraction of sp³-hybridized carbons (Fsp3) is 0.440. The Kier molecular flexibility index (Phi) is 6.39. The molecule has 0 radical (unpaired) electrons. The Morgan fingerprint density at radius 1 is 1.19 bits per heavy atom. The minimum atomic E-state index is -4.67. The number of amides is 1. The number of likely N-dealkylation sites (tertiary alicyclic amines) is 1. The SMILES string of the molecule is CO[C@@H](C)c1c(Nc2ccc([C@H](N3CCCC4(CC(=O)C4)C3=O)C(F)(F)F)cc2)cnc2cc(Cl)nn12. The molecular formula is C25H25ClF3N5O3. The van der Waals surface area contributed by atoms with Crippen LogP contribution in [0.1, 0.15) is 56.0 Å². The van der Waals surface area contributed by atoms with Gasteiger partial charge in [-0.2, -0.15) is 18.3 Å². The van der Waals surface area contributed by atoms with Gasteiger partial charge in [0.15, 0.2) is 16.8 Å². The molecule has 0 bridgehead atoms. The molecule has 8 nitrogen and oxygen atoms in total. The topological polar surface area (TPSA) is 88.8 Å². The first-order chi connectivity index (χ1) is 17.5. The van der Waals surface area contributed by atoms with Gasteiger partial charge in [-0.05, 0) is 37.5 Å². The van der Waals surface area contributed by atoms with Crippen molar-refractivity contribution in [3.05, 3.63) is 52.9 Å². The first kappa shape index (κ1) is 25.5. The third-order valence-corrected chi connectivity index (χ3v) is 7.38. The van der Waals surface area contributed by atoms with Crippen molar-refractivity contribution in [1.29, 1.82) is 0 Å². The van der Waals surface area contributed by atoms with Crippen LogP contribution in [0.25, 0.3) is 5.65 Å². The summed E-state index contributed by atoms with van der Waals surface area (Å²) in [5.74, 6) is -0.667. The second-order valence-corrected chi connectivity index (χ2v) is 10.0. The lowest BCUT2D eigenvalue weighted by molar-refractivity contribution is -0.203. The third kappa shape index (κ3) is 4.54. The van der Waals surface area contributed by atoms with Crippen LogP contribution >= 0.6 is 11.6 Å². The highest BCUT2D eigenvalue weighted by atomic mass is 35.5. The van der Waals surface area contributed by atoms with Crippen LogP contribution < -0.4 is 5.32 Å². The second kappa shape index (κ2) is 9.29. The maximum absolute atomic E-state index is 14.3. The van der Waals surface area contributed by atoms with E-state index in [1.807, 2.05) is 6.92 Å². The standard InChI is InChI=1S/C25H25ClF3N5O3/c1-14(37-2)21-18(13-30-20-10-19(26)32-34(20)21)31-16-6-4-15(5-7-16)22(25(27,28)29)33-9-3-8-24(23(33)36)11-17(35)12-24/h4-7,10,13-14,22,31H,3,8-9,11-12H2,1-2H3/t14-,22-/m0/s1. The molecular weight excluding hydrogens is 511 g/mol. The van der Waals surface area contributed by atoms with Gasteiger partial charge in [-0.3, -0.25) is 9.59 Å². The summed E-state index contributed by atoms with van der Waals surface area (Å²) < 4.78 is 49.9. The number of hydrogen-bond donors (Lipinski definition) is 1. The van der Waals surface area contributed by atoms with Gasteiger partial charge in [-0.1, -0.05) is 23.7 Å². The third-order valence-electron chi connectivity index (χ3n) is 7.20. The average Bonchev–Trinajstić information content (AvgIpc) is 3.20. The number of nitrogens with one attached hydrogen (secondary N) is 1. The van der Waals surface area contributed by atoms with Gasteiger partial charge in [0.05, 0.1) is 29.1 Å². The van der Waals surface area contributed by atoms with E-state index in [2.05, 4.69) is 15.4 Å². The zero-order valence-corrected chi connectivity index (χ0v) is 20.9. The molecule has 3 aromatic rings. The van der Waals surface area contributed by atoms with E-state index in [1.165, 1.54) is 24.3 Å². The summed E-state index contributed by atoms with van der Waals surface area (Å²) in [7, 11) is 1.55. The largest absolute Gasteiger partial charge is 0.413 e. The number of rotatable bonds is 6. The molecule has 0 unspecified atom stereocenters. The summed E-state index contributed by atoms with van der Waals surface area (Å²) in [6, 6.07) is 5.28. The molecule has 2 fully saturated rings. The number of nitrogens with zero attached hydrogens (tertiary/aromatic N) is 4. The van der Waals surface area contributed by atoms with Crippen molar-refractivity contribution in [2.45, 2.75) is 50.9 Å². The summed E-state index contributed by atoms with van der Waals surface area (Å²) in [5.41, 5.74) is 1.19. The van der Waals surface area contributed by atoms with E-state index in [0.29, 0.717) is 35.6 Å². The van der Waals surface area contributed by atoms with Crippen LogP contribution in [0.2, 0.25) is 5.15 Å². The molecule has 2 aromatic heterocycles. The van der Waals surface area contributed by atoms with Gasteiger partial charge in [0, 0.05) is 38.2 Å². The fourth-order valence-corrected chi connectivity index (χ4v) is 5.52. The van der Waals surface area contributed by atoms with Crippen molar-refractivity contribution in [2.75, 3.05) is 19.0 Å². The van der Waals surface area contributed by atoms with Crippen molar-refractivity contribution >= 4 is 40.3 Å². The van der Waals surface area contributed by atoms with Gasteiger partial charge in [0.25, 0.3) is 0 Å². The van der Waals surface area contributed by atoms with Crippen LogP contribution in [0, 0.1) is 5.41 Å². The Bertz CT molecular complexity index is 1350. The normalized spacial score (nSPS) is 19.2. The quantitative estimate of drug-likeness (QED) is 0.454. The number of carbonyl (C=O) groups is 2. The van der Waals surface area contributed by atoms with Crippen LogP contribution in [0.4, 0.5) is 24.5 Å². The van der Waals surface area contributed by atoms with Crippen LogP contribution in [0.15, 0.2) is 36.5 Å². The maximum Gasteiger partial charge on any atom is 0.413 e.